The molecule has 1 amide bonds. The number of aryl methyl sites for hydroxylation is 1. The van der Waals surface area contributed by atoms with E-state index < -0.39 is 0 Å². The molecule has 0 aliphatic carbocycles. The number of rotatable bonds is 5. The predicted octanol–water partition coefficient (Wildman–Crippen LogP) is 4.69. The average molecular weight is 375 g/mol. The molecule has 0 bridgehead atoms. The molecular formula is C23H25N3O2. The van der Waals surface area contributed by atoms with Crippen LogP contribution in [0, 0.1) is 12.8 Å². The third-order valence-corrected chi connectivity index (χ3v) is 4.96. The Balaban J connectivity index is 1.64. The quantitative estimate of drug-likeness (QED) is 0.704. The van der Waals surface area contributed by atoms with E-state index >= 15 is 0 Å². The number of hydrogen-bond donors (Lipinski definition) is 1. The molecule has 28 heavy (non-hydrogen) atoms. The standard InChI is InChI=1S/C23H25N3O2/c1-15(2)14-28-19-10-6-17(7-11-19)20-12-22(27)25-23-21(20)13-24-26(23)18-8-4-16(3)5-9-18/h4-11,13,15,20H,12,14H2,1-3H3,(H,25,27). The maximum atomic E-state index is 12.4. The van der Waals surface area contributed by atoms with Crippen LogP contribution in [0.2, 0.25) is 0 Å². The molecule has 0 fully saturated rings. The van der Waals surface area contributed by atoms with Crippen LogP contribution >= 0.6 is 0 Å². The molecule has 1 aliphatic rings. The van der Waals surface area contributed by atoms with Crippen molar-refractivity contribution in [3.05, 3.63) is 71.4 Å². The third kappa shape index (κ3) is 3.65. The van der Waals surface area contributed by atoms with Gasteiger partial charge in [-0.1, -0.05) is 43.7 Å². The highest BCUT2D eigenvalue weighted by atomic mass is 16.5. The molecule has 144 valence electrons. The number of nitrogens with zero attached hydrogens (tertiary/aromatic N) is 2. The van der Waals surface area contributed by atoms with E-state index in [4.69, 9.17) is 4.74 Å². The number of fused-ring (bicyclic) bond motifs is 1. The molecule has 4 rings (SSSR count). The third-order valence-electron chi connectivity index (χ3n) is 4.96. The Labute approximate surface area is 165 Å². The molecule has 5 nitrogen and oxygen atoms in total. The van der Waals surface area contributed by atoms with Gasteiger partial charge in [0.25, 0.3) is 0 Å². The summed E-state index contributed by atoms with van der Waals surface area (Å²) in [5.74, 6) is 2.09. The Bertz CT molecular complexity index is 972. The second kappa shape index (κ2) is 7.50. The van der Waals surface area contributed by atoms with Crippen LogP contribution in [0.3, 0.4) is 0 Å². The first-order valence-electron chi connectivity index (χ1n) is 9.69. The van der Waals surface area contributed by atoms with E-state index in [0.717, 1.165) is 28.4 Å². The van der Waals surface area contributed by atoms with E-state index in [1.165, 1.54) is 5.56 Å². The Morgan fingerprint density at radius 1 is 1.14 bits per heavy atom. The highest BCUT2D eigenvalue weighted by Gasteiger charge is 2.30. The fraction of sp³-hybridized carbons (Fsp3) is 0.304. The van der Waals surface area contributed by atoms with Crippen molar-refractivity contribution in [3.8, 4) is 11.4 Å². The lowest BCUT2D eigenvalue weighted by molar-refractivity contribution is -0.116. The Kier molecular flexibility index (Phi) is 4.90. The van der Waals surface area contributed by atoms with E-state index in [-0.39, 0.29) is 11.8 Å². The first kappa shape index (κ1) is 18.3. The first-order chi connectivity index (χ1) is 13.5. The zero-order valence-electron chi connectivity index (χ0n) is 16.5. The van der Waals surface area contributed by atoms with E-state index in [1.54, 1.807) is 4.68 Å². The van der Waals surface area contributed by atoms with Crippen LogP contribution in [0.1, 0.15) is 42.9 Å². The van der Waals surface area contributed by atoms with Gasteiger partial charge in [-0.25, -0.2) is 4.68 Å². The van der Waals surface area contributed by atoms with Crippen LogP contribution < -0.4 is 10.1 Å². The normalized spacial score (nSPS) is 16.0. The maximum absolute atomic E-state index is 12.4. The van der Waals surface area contributed by atoms with Gasteiger partial charge in [-0.2, -0.15) is 5.10 Å². The lowest BCUT2D eigenvalue weighted by atomic mass is 9.87. The molecule has 2 aromatic carbocycles. The van der Waals surface area contributed by atoms with Crippen molar-refractivity contribution >= 4 is 11.7 Å². The number of carbonyl (C=O) groups is 1. The molecule has 1 N–H and O–H groups in total. The number of aromatic nitrogens is 2. The predicted molar refractivity (Wildman–Crippen MR) is 110 cm³/mol. The van der Waals surface area contributed by atoms with Gasteiger partial charge >= 0.3 is 0 Å². The summed E-state index contributed by atoms with van der Waals surface area (Å²) in [4.78, 5) is 12.4. The van der Waals surface area contributed by atoms with Gasteiger partial charge in [0, 0.05) is 17.9 Å². The Morgan fingerprint density at radius 2 is 1.86 bits per heavy atom. The maximum Gasteiger partial charge on any atom is 0.226 e. The highest BCUT2D eigenvalue weighted by Crippen LogP contribution is 2.38. The molecule has 0 radical (unpaired) electrons. The summed E-state index contributed by atoms with van der Waals surface area (Å²) in [5.41, 5.74) is 4.25. The smallest absolute Gasteiger partial charge is 0.226 e. The summed E-state index contributed by atoms with van der Waals surface area (Å²) < 4.78 is 7.58. The number of nitrogens with one attached hydrogen (secondary N) is 1. The molecule has 0 spiro atoms. The van der Waals surface area contributed by atoms with Crippen LogP contribution in [0.4, 0.5) is 5.82 Å². The van der Waals surface area contributed by atoms with Crippen LogP contribution in [0.5, 0.6) is 5.75 Å². The largest absolute Gasteiger partial charge is 0.493 e. The number of ether oxygens (including phenoxy) is 1. The number of anilines is 1. The van der Waals surface area contributed by atoms with Crippen LogP contribution in [0.15, 0.2) is 54.7 Å². The number of amides is 1. The zero-order chi connectivity index (χ0) is 19.7. The lowest BCUT2D eigenvalue weighted by Gasteiger charge is -2.24. The zero-order valence-corrected chi connectivity index (χ0v) is 16.5. The van der Waals surface area contributed by atoms with Crippen LogP contribution in [-0.4, -0.2) is 22.3 Å². The van der Waals surface area contributed by atoms with E-state index in [2.05, 4.69) is 31.2 Å². The van der Waals surface area contributed by atoms with E-state index in [1.807, 2.05) is 54.7 Å². The minimum Gasteiger partial charge on any atom is -0.493 e. The van der Waals surface area contributed by atoms with Gasteiger partial charge in [-0.3, -0.25) is 4.79 Å². The SMILES string of the molecule is Cc1ccc(-n2ncc3c2NC(=O)CC3c2ccc(OCC(C)C)cc2)cc1. The molecule has 3 aromatic rings. The van der Waals surface area contributed by atoms with E-state index in [9.17, 15) is 4.79 Å². The van der Waals surface area contributed by atoms with Crippen molar-refractivity contribution < 1.29 is 9.53 Å². The van der Waals surface area contributed by atoms with Gasteiger partial charge in [-0.15, -0.1) is 0 Å². The molecule has 1 atom stereocenters. The minimum absolute atomic E-state index is 0.00601. The fourth-order valence-corrected chi connectivity index (χ4v) is 3.46. The second-order valence-electron chi connectivity index (χ2n) is 7.77. The second-order valence-corrected chi connectivity index (χ2v) is 7.77. The first-order valence-corrected chi connectivity index (χ1v) is 9.69. The number of hydrogen-bond acceptors (Lipinski definition) is 3. The molecule has 0 saturated carbocycles. The van der Waals surface area contributed by atoms with Crippen LogP contribution in [-0.2, 0) is 4.79 Å². The van der Waals surface area contributed by atoms with Crippen molar-refractivity contribution in [3.63, 3.8) is 0 Å². The summed E-state index contributed by atoms with van der Waals surface area (Å²) in [6.45, 7) is 7.00. The van der Waals surface area contributed by atoms with Gasteiger partial charge in [-0.05, 0) is 42.7 Å². The Hall–Kier alpha value is -3.08. The summed E-state index contributed by atoms with van der Waals surface area (Å²) >= 11 is 0. The summed E-state index contributed by atoms with van der Waals surface area (Å²) in [5, 5.41) is 7.55. The summed E-state index contributed by atoms with van der Waals surface area (Å²) in [6.07, 6.45) is 2.28. The van der Waals surface area contributed by atoms with Crippen molar-refractivity contribution in [1.82, 2.24) is 9.78 Å². The molecule has 5 heteroatoms. The van der Waals surface area contributed by atoms with Crippen molar-refractivity contribution in [2.75, 3.05) is 11.9 Å². The van der Waals surface area contributed by atoms with E-state index in [0.29, 0.717) is 18.9 Å². The van der Waals surface area contributed by atoms with Crippen molar-refractivity contribution in [1.29, 1.82) is 0 Å². The average Bonchev–Trinajstić information content (AvgIpc) is 3.10. The van der Waals surface area contributed by atoms with Gasteiger partial charge in [0.1, 0.15) is 11.6 Å². The topological polar surface area (TPSA) is 56.2 Å². The van der Waals surface area contributed by atoms with Crippen molar-refractivity contribution in [2.45, 2.75) is 33.1 Å². The molecule has 2 heterocycles. The van der Waals surface area contributed by atoms with Crippen molar-refractivity contribution in [2.24, 2.45) is 5.92 Å². The number of benzene rings is 2. The molecule has 1 aromatic heterocycles. The summed E-state index contributed by atoms with van der Waals surface area (Å²) in [6, 6.07) is 16.2. The fourth-order valence-electron chi connectivity index (χ4n) is 3.46. The monoisotopic (exact) mass is 375 g/mol. The van der Waals surface area contributed by atoms with Gasteiger partial charge in [0.05, 0.1) is 18.5 Å². The van der Waals surface area contributed by atoms with Gasteiger partial charge in [0.2, 0.25) is 5.91 Å². The highest BCUT2D eigenvalue weighted by molar-refractivity contribution is 5.94. The van der Waals surface area contributed by atoms with Gasteiger partial charge < -0.3 is 10.1 Å². The molecule has 0 saturated heterocycles. The molecular weight excluding hydrogens is 350 g/mol. The summed E-state index contributed by atoms with van der Waals surface area (Å²) in [7, 11) is 0. The lowest BCUT2D eigenvalue weighted by Crippen LogP contribution is -2.24. The minimum atomic E-state index is -0.0119. The number of carbonyl (C=O) groups excluding carboxylic acids is 1. The van der Waals surface area contributed by atoms with Crippen LogP contribution in [0.25, 0.3) is 5.69 Å². The molecule has 1 aliphatic heterocycles. The molecule has 1 unspecified atom stereocenters. The Morgan fingerprint density at radius 3 is 2.54 bits per heavy atom. The van der Waals surface area contributed by atoms with Gasteiger partial charge in [0.15, 0.2) is 0 Å².